The summed E-state index contributed by atoms with van der Waals surface area (Å²) in [5, 5.41) is 11.2. The van der Waals surface area contributed by atoms with E-state index < -0.39 is 21.0 Å². The van der Waals surface area contributed by atoms with Crippen LogP contribution in [0.2, 0.25) is 0 Å². The number of non-ortho nitro benzene ring substituents is 1. The van der Waals surface area contributed by atoms with Crippen molar-refractivity contribution in [2.24, 2.45) is 0 Å². The molecule has 1 aliphatic heterocycles. The highest BCUT2D eigenvalue weighted by molar-refractivity contribution is 7.89. The zero-order valence-electron chi connectivity index (χ0n) is 15.1. The fourth-order valence-corrected chi connectivity index (χ4v) is 5.44. The molecule has 0 bridgehead atoms. The number of hydrogen-bond donors (Lipinski definition) is 0. The molecule has 0 aliphatic carbocycles. The lowest BCUT2D eigenvalue weighted by Gasteiger charge is -2.36. The molecule has 4 rings (SSSR count). The van der Waals surface area contributed by atoms with Gasteiger partial charge in [0.2, 0.25) is 10.0 Å². The molecule has 1 atom stereocenters. The van der Waals surface area contributed by atoms with E-state index in [0.29, 0.717) is 12.1 Å². The number of nitro benzene ring substituents is 1. The number of hydrogen-bond acceptors (Lipinski definition) is 5. The second-order valence-electron chi connectivity index (χ2n) is 6.63. The number of rotatable bonds is 4. The van der Waals surface area contributed by atoms with Crippen molar-refractivity contribution in [2.75, 3.05) is 6.54 Å². The van der Waals surface area contributed by atoms with E-state index in [1.54, 1.807) is 31.5 Å². The quantitative estimate of drug-likeness (QED) is 0.497. The van der Waals surface area contributed by atoms with Crippen molar-refractivity contribution in [2.45, 2.75) is 24.4 Å². The Morgan fingerprint density at radius 2 is 1.89 bits per heavy atom. The zero-order valence-corrected chi connectivity index (χ0v) is 15.9. The summed E-state index contributed by atoms with van der Waals surface area (Å²) in [5.74, 6) is 0. The lowest BCUT2D eigenvalue weighted by Crippen LogP contribution is -2.42. The monoisotopic (exact) mass is 398 g/mol. The van der Waals surface area contributed by atoms with Gasteiger partial charge in [-0.3, -0.25) is 15.1 Å². The Balaban J connectivity index is 1.87. The highest BCUT2D eigenvalue weighted by Gasteiger charge is 2.38. The van der Waals surface area contributed by atoms with E-state index in [9.17, 15) is 18.5 Å². The molecule has 1 unspecified atom stereocenters. The van der Waals surface area contributed by atoms with Gasteiger partial charge in [0.1, 0.15) is 0 Å². The third-order valence-corrected chi connectivity index (χ3v) is 6.99. The fraction of sp³-hybridized carbons (Fsp3) is 0.211. The molecule has 0 saturated heterocycles. The van der Waals surface area contributed by atoms with Crippen molar-refractivity contribution in [1.29, 1.82) is 0 Å². The van der Waals surface area contributed by atoms with Crippen LogP contribution in [0.15, 0.2) is 66.0 Å². The van der Waals surface area contributed by atoms with Crippen LogP contribution >= 0.6 is 0 Å². The Hall–Kier alpha value is -3.04. The van der Waals surface area contributed by atoms with Crippen molar-refractivity contribution in [1.82, 2.24) is 13.9 Å². The van der Waals surface area contributed by atoms with E-state index in [2.05, 4.69) is 4.98 Å². The maximum absolute atomic E-state index is 13.6. The predicted molar refractivity (Wildman–Crippen MR) is 102 cm³/mol. The van der Waals surface area contributed by atoms with Gasteiger partial charge in [0, 0.05) is 49.5 Å². The summed E-state index contributed by atoms with van der Waals surface area (Å²) in [6.07, 6.45) is 5.17. The first-order valence-corrected chi connectivity index (χ1v) is 10.2. The molecule has 0 radical (unpaired) electrons. The summed E-state index contributed by atoms with van der Waals surface area (Å²) in [6, 6.07) is 10.8. The average molecular weight is 398 g/mol. The lowest BCUT2D eigenvalue weighted by atomic mass is 10.0. The Bertz CT molecular complexity index is 1140. The van der Waals surface area contributed by atoms with Gasteiger partial charge in [-0.2, -0.15) is 4.31 Å². The Labute approximate surface area is 162 Å². The number of pyridine rings is 1. The molecular formula is C19H18N4O4S. The average Bonchev–Trinajstić information content (AvgIpc) is 3.16. The molecule has 0 spiro atoms. The summed E-state index contributed by atoms with van der Waals surface area (Å²) in [6.45, 7) is 2.42. The molecule has 0 fully saturated rings. The van der Waals surface area contributed by atoms with E-state index in [-0.39, 0.29) is 17.1 Å². The maximum Gasteiger partial charge on any atom is 0.270 e. The molecule has 28 heavy (non-hydrogen) atoms. The molecule has 1 aliphatic rings. The van der Waals surface area contributed by atoms with Crippen LogP contribution in [0.3, 0.4) is 0 Å². The van der Waals surface area contributed by atoms with Crippen LogP contribution in [0.5, 0.6) is 0 Å². The Kier molecular flexibility index (Phi) is 4.48. The van der Waals surface area contributed by atoms with E-state index in [1.807, 2.05) is 22.9 Å². The number of benzene rings is 1. The van der Waals surface area contributed by atoms with Crippen LogP contribution in [-0.2, 0) is 16.6 Å². The number of nitro groups is 1. The minimum absolute atomic E-state index is 0.0410. The third-order valence-electron chi connectivity index (χ3n) is 4.99. The van der Waals surface area contributed by atoms with Gasteiger partial charge in [0.05, 0.1) is 15.9 Å². The van der Waals surface area contributed by atoms with Crippen molar-refractivity contribution in [3.63, 3.8) is 0 Å². The number of sulfonamides is 1. The minimum atomic E-state index is -3.97. The molecule has 8 nitrogen and oxygen atoms in total. The van der Waals surface area contributed by atoms with Gasteiger partial charge < -0.3 is 4.57 Å². The van der Waals surface area contributed by atoms with Gasteiger partial charge in [-0.05, 0) is 42.3 Å². The molecule has 3 heterocycles. The van der Waals surface area contributed by atoms with E-state index in [4.69, 9.17) is 0 Å². The molecule has 144 valence electrons. The number of fused-ring (bicyclic) bond motifs is 1. The van der Waals surface area contributed by atoms with Gasteiger partial charge in [-0.25, -0.2) is 8.42 Å². The van der Waals surface area contributed by atoms with Gasteiger partial charge >= 0.3 is 0 Å². The first kappa shape index (κ1) is 18.3. The third kappa shape index (κ3) is 2.98. The van der Waals surface area contributed by atoms with Crippen molar-refractivity contribution in [3.8, 4) is 0 Å². The van der Waals surface area contributed by atoms with Crippen LogP contribution in [-0.4, -0.2) is 33.7 Å². The molecule has 1 aromatic carbocycles. The molecule has 2 aromatic heterocycles. The standard InChI is InChI=1S/C19H18N4O4S/c1-14-4-5-16(23(24)25)13-18(14)28(26,27)22-12-11-21-10-2-3-17(21)19(22)15-6-8-20-9-7-15/h2-10,13,19H,11-12H2,1H3. The van der Waals surface area contributed by atoms with Crippen molar-refractivity contribution < 1.29 is 13.3 Å². The van der Waals surface area contributed by atoms with Gasteiger partial charge in [0.25, 0.3) is 5.69 Å². The minimum Gasteiger partial charge on any atom is -0.348 e. The number of aryl methyl sites for hydroxylation is 1. The van der Waals surface area contributed by atoms with Gasteiger partial charge in [0.15, 0.2) is 0 Å². The summed E-state index contributed by atoms with van der Waals surface area (Å²) >= 11 is 0. The molecular weight excluding hydrogens is 380 g/mol. The van der Waals surface area contributed by atoms with E-state index in [1.165, 1.54) is 16.4 Å². The topological polar surface area (TPSA) is 98.3 Å². The number of aromatic nitrogens is 2. The first-order chi connectivity index (χ1) is 13.4. The zero-order chi connectivity index (χ0) is 19.9. The van der Waals surface area contributed by atoms with E-state index >= 15 is 0 Å². The largest absolute Gasteiger partial charge is 0.348 e. The number of nitrogens with zero attached hydrogens (tertiary/aromatic N) is 4. The Morgan fingerprint density at radius 3 is 2.61 bits per heavy atom. The molecule has 0 N–H and O–H groups in total. The van der Waals surface area contributed by atoms with Crippen molar-refractivity contribution in [3.05, 3.63) is 88.0 Å². The molecule has 0 saturated carbocycles. The smallest absolute Gasteiger partial charge is 0.270 e. The normalized spacial score (nSPS) is 17.2. The van der Waals surface area contributed by atoms with Crippen LogP contribution in [0.4, 0.5) is 5.69 Å². The fourth-order valence-electron chi connectivity index (χ4n) is 3.61. The molecule has 3 aromatic rings. The maximum atomic E-state index is 13.6. The van der Waals surface area contributed by atoms with Crippen LogP contribution in [0.25, 0.3) is 0 Å². The van der Waals surface area contributed by atoms with E-state index in [0.717, 1.165) is 17.3 Å². The van der Waals surface area contributed by atoms with Crippen LogP contribution in [0.1, 0.15) is 22.9 Å². The van der Waals surface area contributed by atoms with Gasteiger partial charge in [-0.1, -0.05) is 6.07 Å². The SMILES string of the molecule is Cc1ccc([N+](=O)[O-])cc1S(=O)(=O)N1CCn2cccc2C1c1ccncc1. The van der Waals surface area contributed by atoms with Crippen molar-refractivity contribution >= 4 is 15.7 Å². The summed E-state index contributed by atoms with van der Waals surface area (Å²) in [7, 11) is -3.97. The van der Waals surface area contributed by atoms with Crippen LogP contribution in [0, 0.1) is 17.0 Å². The molecule has 0 amide bonds. The highest BCUT2D eigenvalue weighted by Crippen LogP contribution is 2.37. The van der Waals surface area contributed by atoms with Gasteiger partial charge in [-0.15, -0.1) is 0 Å². The Morgan fingerprint density at radius 1 is 1.14 bits per heavy atom. The molecule has 9 heteroatoms. The van der Waals surface area contributed by atoms with Crippen LogP contribution < -0.4 is 0 Å². The summed E-state index contributed by atoms with van der Waals surface area (Å²) in [4.78, 5) is 14.6. The first-order valence-electron chi connectivity index (χ1n) is 8.71. The second-order valence-corrected chi connectivity index (χ2v) is 8.49. The summed E-state index contributed by atoms with van der Waals surface area (Å²) in [5.41, 5.74) is 1.87. The predicted octanol–water partition coefficient (Wildman–Crippen LogP) is 2.89. The highest BCUT2D eigenvalue weighted by atomic mass is 32.2. The second kappa shape index (κ2) is 6.84. The summed E-state index contributed by atoms with van der Waals surface area (Å²) < 4.78 is 30.6. The lowest BCUT2D eigenvalue weighted by molar-refractivity contribution is -0.385.